The maximum atomic E-state index is 12.5. The molecule has 3 heterocycles. The molecule has 1 N–H and O–H groups in total. The van der Waals surface area contributed by atoms with Crippen LogP contribution in [0.4, 0.5) is 5.13 Å². The zero-order chi connectivity index (χ0) is 19.5. The van der Waals surface area contributed by atoms with E-state index in [4.69, 9.17) is 11.6 Å². The minimum Gasteiger partial charge on any atom is -0.300 e. The summed E-state index contributed by atoms with van der Waals surface area (Å²) in [7, 11) is 0. The maximum absolute atomic E-state index is 12.5. The van der Waals surface area contributed by atoms with Crippen LogP contribution in [0.2, 0.25) is 5.02 Å². The molecule has 11 heteroatoms. The number of thiazole rings is 1. The van der Waals surface area contributed by atoms with Crippen LogP contribution in [-0.2, 0) is 17.1 Å². The number of fused-ring (bicyclic) bond motifs is 1. The van der Waals surface area contributed by atoms with E-state index >= 15 is 0 Å². The fraction of sp³-hybridized carbons (Fsp3) is 0.118. The van der Waals surface area contributed by atoms with Crippen LogP contribution >= 0.6 is 34.7 Å². The molecule has 0 aliphatic rings. The third-order valence-electron chi connectivity index (χ3n) is 3.69. The Morgan fingerprint density at radius 3 is 2.75 bits per heavy atom. The molecule has 0 radical (unpaired) electrons. The highest BCUT2D eigenvalue weighted by Crippen LogP contribution is 2.21. The van der Waals surface area contributed by atoms with Crippen LogP contribution in [0.15, 0.2) is 57.8 Å². The van der Waals surface area contributed by atoms with Crippen LogP contribution in [0.3, 0.4) is 0 Å². The van der Waals surface area contributed by atoms with E-state index in [9.17, 15) is 9.59 Å². The Balaban J connectivity index is 1.48. The number of rotatable bonds is 6. The van der Waals surface area contributed by atoms with E-state index in [1.165, 1.54) is 27.6 Å². The lowest BCUT2D eigenvalue weighted by Gasteiger charge is -2.01. The van der Waals surface area contributed by atoms with Crippen molar-refractivity contribution >= 4 is 51.4 Å². The summed E-state index contributed by atoms with van der Waals surface area (Å²) in [5.74, 6) is 0.312. The van der Waals surface area contributed by atoms with Gasteiger partial charge in [-0.05, 0) is 29.8 Å². The second kappa shape index (κ2) is 8.13. The lowest BCUT2D eigenvalue weighted by Crippen LogP contribution is -2.28. The lowest BCUT2D eigenvalue weighted by atomic mass is 10.2. The van der Waals surface area contributed by atoms with Crippen LogP contribution in [-0.4, -0.2) is 30.3 Å². The molecule has 0 bridgehead atoms. The highest BCUT2D eigenvalue weighted by Gasteiger charge is 2.13. The number of carbonyl (C=O) groups excluding carboxylic acids is 1. The van der Waals surface area contributed by atoms with Gasteiger partial charge in [0.2, 0.25) is 5.91 Å². The summed E-state index contributed by atoms with van der Waals surface area (Å²) in [6, 6.07) is 11.0. The molecular weight excluding hydrogens is 420 g/mol. The topological polar surface area (TPSA) is 94.2 Å². The van der Waals surface area contributed by atoms with E-state index in [-0.39, 0.29) is 12.5 Å². The summed E-state index contributed by atoms with van der Waals surface area (Å²) in [5, 5.41) is 14.7. The number of nitrogens with zero attached hydrogens (tertiary/aromatic N) is 5. The number of nitrogens with one attached hydrogen (secondary N) is 1. The van der Waals surface area contributed by atoms with E-state index < -0.39 is 5.69 Å². The van der Waals surface area contributed by atoms with E-state index in [1.54, 1.807) is 23.7 Å². The molecule has 3 aromatic heterocycles. The summed E-state index contributed by atoms with van der Waals surface area (Å²) >= 11 is 8.68. The predicted molar refractivity (Wildman–Crippen MR) is 109 cm³/mol. The second-order valence-corrected chi connectivity index (χ2v) is 8.01. The molecule has 0 saturated carbocycles. The van der Waals surface area contributed by atoms with Crippen molar-refractivity contribution in [3.8, 4) is 0 Å². The molecule has 1 aromatic carbocycles. The van der Waals surface area contributed by atoms with Crippen LogP contribution in [0.25, 0.3) is 5.65 Å². The first-order valence-electron chi connectivity index (χ1n) is 8.12. The molecule has 1 amide bonds. The van der Waals surface area contributed by atoms with Gasteiger partial charge in [-0.3, -0.25) is 4.79 Å². The SMILES string of the molecule is O=C(Cn1nc2ccc(SCc3ccc(Cl)cc3)nn2c1=O)Nc1nccs1. The smallest absolute Gasteiger partial charge is 0.300 e. The van der Waals surface area contributed by atoms with E-state index in [0.717, 1.165) is 10.2 Å². The molecule has 0 aliphatic carbocycles. The standard InChI is InChI=1S/C17H13ClN6O2S2/c18-12-3-1-11(2-4-12)10-28-15-6-5-13-21-23(17(26)24(13)22-15)9-14(25)20-16-19-7-8-27-16/h1-8H,9-10H2,(H,19,20,25). The van der Waals surface area contributed by atoms with Gasteiger partial charge in [0, 0.05) is 22.4 Å². The number of hydrogen-bond donors (Lipinski definition) is 1. The highest BCUT2D eigenvalue weighted by molar-refractivity contribution is 7.98. The van der Waals surface area contributed by atoms with Gasteiger partial charge in [-0.15, -0.1) is 16.4 Å². The first-order chi connectivity index (χ1) is 13.6. The van der Waals surface area contributed by atoms with Crippen molar-refractivity contribution in [1.82, 2.24) is 24.4 Å². The quantitative estimate of drug-likeness (QED) is 0.471. The van der Waals surface area contributed by atoms with Crippen molar-refractivity contribution in [3.05, 3.63) is 69.0 Å². The fourth-order valence-corrected chi connectivity index (χ4v) is 3.87. The van der Waals surface area contributed by atoms with E-state index in [2.05, 4.69) is 20.5 Å². The number of amides is 1. The summed E-state index contributed by atoms with van der Waals surface area (Å²) in [4.78, 5) is 28.6. The van der Waals surface area contributed by atoms with Crippen LogP contribution in [0.5, 0.6) is 0 Å². The molecule has 0 aliphatic heterocycles. The Kier molecular flexibility index (Phi) is 5.42. The largest absolute Gasteiger partial charge is 0.367 e. The van der Waals surface area contributed by atoms with Crippen molar-refractivity contribution < 1.29 is 4.79 Å². The van der Waals surface area contributed by atoms with Crippen molar-refractivity contribution in [3.63, 3.8) is 0 Å². The Morgan fingerprint density at radius 1 is 1.18 bits per heavy atom. The number of thioether (sulfide) groups is 1. The molecule has 0 fully saturated rings. The number of halogens is 1. The van der Waals surface area contributed by atoms with Crippen molar-refractivity contribution in [2.45, 2.75) is 17.3 Å². The minimum absolute atomic E-state index is 0.213. The number of hydrogen-bond acceptors (Lipinski definition) is 7. The van der Waals surface area contributed by atoms with Crippen molar-refractivity contribution in [2.75, 3.05) is 5.32 Å². The Hall–Kier alpha value is -2.69. The minimum atomic E-state index is -0.474. The van der Waals surface area contributed by atoms with Crippen LogP contribution < -0.4 is 11.0 Å². The van der Waals surface area contributed by atoms with Gasteiger partial charge in [-0.2, -0.15) is 9.61 Å². The molecule has 8 nitrogen and oxygen atoms in total. The van der Waals surface area contributed by atoms with Gasteiger partial charge in [0.05, 0.1) is 0 Å². The van der Waals surface area contributed by atoms with E-state index in [1.807, 2.05) is 24.3 Å². The number of aromatic nitrogens is 5. The van der Waals surface area contributed by atoms with Gasteiger partial charge in [-0.1, -0.05) is 35.5 Å². The van der Waals surface area contributed by atoms with Crippen LogP contribution in [0.1, 0.15) is 5.56 Å². The molecule has 0 saturated heterocycles. The molecular formula is C17H13ClN6O2S2. The van der Waals surface area contributed by atoms with Gasteiger partial charge < -0.3 is 5.32 Å². The van der Waals surface area contributed by atoms with Crippen LogP contribution in [0, 0.1) is 0 Å². The van der Waals surface area contributed by atoms with Gasteiger partial charge in [0.15, 0.2) is 10.8 Å². The zero-order valence-electron chi connectivity index (χ0n) is 14.3. The lowest BCUT2D eigenvalue weighted by molar-refractivity contribution is -0.117. The third kappa shape index (κ3) is 4.24. The Bertz CT molecular complexity index is 1170. The fourth-order valence-electron chi connectivity index (χ4n) is 2.39. The average Bonchev–Trinajstić information content (AvgIpc) is 3.30. The molecule has 0 unspecified atom stereocenters. The predicted octanol–water partition coefficient (Wildman–Crippen LogP) is 2.93. The van der Waals surface area contributed by atoms with Gasteiger partial charge in [0.25, 0.3) is 0 Å². The molecule has 0 spiro atoms. The first-order valence-corrected chi connectivity index (χ1v) is 10.4. The third-order valence-corrected chi connectivity index (χ3v) is 5.62. The molecule has 0 atom stereocenters. The number of anilines is 1. The molecule has 142 valence electrons. The summed E-state index contributed by atoms with van der Waals surface area (Å²) in [6.45, 7) is -0.213. The highest BCUT2D eigenvalue weighted by atomic mass is 35.5. The Labute approximate surface area is 172 Å². The summed E-state index contributed by atoms with van der Waals surface area (Å²) in [6.07, 6.45) is 1.59. The second-order valence-electron chi connectivity index (χ2n) is 5.68. The normalized spacial score (nSPS) is 11.0. The monoisotopic (exact) mass is 432 g/mol. The molecule has 4 rings (SSSR count). The number of benzene rings is 1. The maximum Gasteiger partial charge on any atom is 0.367 e. The summed E-state index contributed by atoms with van der Waals surface area (Å²) < 4.78 is 2.28. The molecule has 28 heavy (non-hydrogen) atoms. The van der Waals surface area contributed by atoms with Gasteiger partial charge >= 0.3 is 5.69 Å². The molecule has 4 aromatic rings. The first kappa shape index (κ1) is 18.7. The van der Waals surface area contributed by atoms with Crippen molar-refractivity contribution in [1.29, 1.82) is 0 Å². The van der Waals surface area contributed by atoms with E-state index in [0.29, 0.717) is 26.6 Å². The van der Waals surface area contributed by atoms with Crippen molar-refractivity contribution in [2.24, 2.45) is 0 Å². The van der Waals surface area contributed by atoms with Gasteiger partial charge in [0.1, 0.15) is 11.6 Å². The van der Waals surface area contributed by atoms with Gasteiger partial charge in [-0.25, -0.2) is 14.5 Å². The number of carbonyl (C=O) groups is 1. The Morgan fingerprint density at radius 2 is 2.00 bits per heavy atom. The average molecular weight is 433 g/mol. The summed E-state index contributed by atoms with van der Waals surface area (Å²) in [5.41, 5.74) is 0.999. The zero-order valence-corrected chi connectivity index (χ0v) is 16.7.